The number of nitrogens with one attached hydrogen (secondary N) is 1. The lowest BCUT2D eigenvalue weighted by Crippen LogP contribution is -2.21. The van der Waals surface area contributed by atoms with Crippen LogP contribution < -0.4 is 5.32 Å². The zero-order valence-electron chi connectivity index (χ0n) is 13.1. The molecule has 10 heteroatoms. The van der Waals surface area contributed by atoms with Gasteiger partial charge in [-0.05, 0) is 36.4 Å². The number of halogens is 2. The summed E-state index contributed by atoms with van der Waals surface area (Å²) in [6.07, 6.45) is 0. The fourth-order valence-corrected chi connectivity index (χ4v) is 2.61. The van der Waals surface area contributed by atoms with Gasteiger partial charge in [-0.3, -0.25) is 19.7 Å². The summed E-state index contributed by atoms with van der Waals surface area (Å²) in [6.45, 7) is -0.564. The van der Waals surface area contributed by atoms with Crippen LogP contribution in [0.5, 0.6) is 0 Å². The van der Waals surface area contributed by atoms with Gasteiger partial charge in [0.15, 0.2) is 6.61 Å². The molecule has 0 radical (unpaired) electrons. The van der Waals surface area contributed by atoms with Gasteiger partial charge in [-0.1, -0.05) is 11.6 Å². The minimum atomic E-state index is -1.02. The smallest absolute Gasteiger partial charge is 0.316 e. The Morgan fingerprint density at radius 1 is 1.23 bits per heavy atom. The number of nitro groups is 1. The molecular weight excluding hydrogens is 387 g/mol. The van der Waals surface area contributed by atoms with E-state index in [-0.39, 0.29) is 11.4 Å². The fraction of sp³-hybridized carbons (Fsp3) is 0.125. The highest BCUT2D eigenvalue weighted by Gasteiger charge is 2.16. The number of carbonyl (C=O) groups excluding carboxylic acids is 2. The van der Waals surface area contributed by atoms with Crippen molar-refractivity contribution in [1.29, 1.82) is 0 Å². The summed E-state index contributed by atoms with van der Waals surface area (Å²) in [5, 5.41) is 13.5. The van der Waals surface area contributed by atoms with Crippen LogP contribution in [0.25, 0.3) is 0 Å². The van der Waals surface area contributed by atoms with E-state index in [1.807, 2.05) is 0 Å². The third-order valence-electron chi connectivity index (χ3n) is 2.96. The standard InChI is InChI=1S/C16H12ClFN2O5S/c17-10-1-4-12(5-2-10)26-9-16(22)25-8-15(21)19-11-3-6-13(18)14(7-11)20(23)24/h1-7H,8-9H2,(H,19,21). The first-order valence-corrected chi connectivity index (χ1v) is 8.49. The molecule has 0 saturated carbocycles. The van der Waals surface area contributed by atoms with Crippen molar-refractivity contribution in [2.24, 2.45) is 0 Å². The predicted octanol–water partition coefficient (Wildman–Crippen LogP) is 3.66. The van der Waals surface area contributed by atoms with E-state index in [0.29, 0.717) is 5.02 Å². The summed E-state index contributed by atoms with van der Waals surface area (Å²) >= 11 is 6.98. The second kappa shape index (κ2) is 9.16. The second-order valence-corrected chi connectivity index (χ2v) is 6.36. The highest BCUT2D eigenvalue weighted by atomic mass is 35.5. The van der Waals surface area contributed by atoms with Crippen molar-refractivity contribution in [1.82, 2.24) is 0 Å². The summed E-state index contributed by atoms with van der Waals surface area (Å²) in [5.74, 6) is -2.32. The van der Waals surface area contributed by atoms with Crippen LogP contribution in [-0.4, -0.2) is 29.2 Å². The molecular formula is C16H12ClFN2O5S. The maximum atomic E-state index is 13.2. The Hall–Kier alpha value is -2.65. The first kappa shape index (κ1) is 19.7. The summed E-state index contributed by atoms with van der Waals surface area (Å²) in [7, 11) is 0. The van der Waals surface area contributed by atoms with Gasteiger partial charge < -0.3 is 10.1 Å². The molecule has 0 bridgehead atoms. The molecule has 26 heavy (non-hydrogen) atoms. The lowest BCUT2D eigenvalue weighted by atomic mass is 10.2. The quantitative estimate of drug-likeness (QED) is 0.331. The van der Waals surface area contributed by atoms with Crippen molar-refractivity contribution in [3.05, 3.63) is 63.4 Å². The summed E-state index contributed by atoms with van der Waals surface area (Å²) < 4.78 is 18.0. The van der Waals surface area contributed by atoms with E-state index in [4.69, 9.17) is 16.3 Å². The molecule has 136 valence electrons. The van der Waals surface area contributed by atoms with Crippen molar-refractivity contribution < 1.29 is 23.6 Å². The van der Waals surface area contributed by atoms with E-state index in [9.17, 15) is 24.1 Å². The molecule has 1 N–H and O–H groups in total. The molecule has 1 amide bonds. The normalized spacial score (nSPS) is 10.2. The average Bonchev–Trinajstić information content (AvgIpc) is 2.61. The highest BCUT2D eigenvalue weighted by molar-refractivity contribution is 8.00. The van der Waals surface area contributed by atoms with Crippen LogP contribution in [0, 0.1) is 15.9 Å². The Morgan fingerprint density at radius 3 is 2.58 bits per heavy atom. The van der Waals surface area contributed by atoms with Crippen LogP contribution in [0.4, 0.5) is 15.8 Å². The van der Waals surface area contributed by atoms with Crippen molar-refractivity contribution in [2.75, 3.05) is 17.7 Å². The van der Waals surface area contributed by atoms with E-state index in [1.165, 1.54) is 17.8 Å². The molecule has 7 nitrogen and oxygen atoms in total. The molecule has 0 atom stereocenters. The van der Waals surface area contributed by atoms with Gasteiger partial charge in [0.1, 0.15) is 0 Å². The lowest BCUT2D eigenvalue weighted by Gasteiger charge is -2.07. The zero-order chi connectivity index (χ0) is 19.1. The van der Waals surface area contributed by atoms with E-state index >= 15 is 0 Å². The third-order valence-corrected chi connectivity index (χ3v) is 4.20. The topological polar surface area (TPSA) is 98.5 Å². The molecule has 0 aromatic heterocycles. The second-order valence-electron chi connectivity index (χ2n) is 4.87. The van der Waals surface area contributed by atoms with Crippen molar-refractivity contribution in [2.45, 2.75) is 4.90 Å². The van der Waals surface area contributed by atoms with Crippen LogP contribution in [-0.2, 0) is 14.3 Å². The molecule has 0 aliphatic rings. The molecule has 0 aliphatic carbocycles. The molecule has 2 aromatic rings. The van der Waals surface area contributed by atoms with Crippen LogP contribution in [0.15, 0.2) is 47.4 Å². The third kappa shape index (κ3) is 6.01. The number of ether oxygens (including phenoxy) is 1. The zero-order valence-corrected chi connectivity index (χ0v) is 14.7. The van der Waals surface area contributed by atoms with Crippen molar-refractivity contribution in [3.8, 4) is 0 Å². The van der Waals surface area contributed by atoms with Crippen molar-refractivity contribution in [3.63, 3.8) is 0 Å². The number of rotatable bonds is 7. The Kier molecular flexibility index (Phi) is 6.93. The summed E-state index contributed by atoms with van der Waals surface area (Å²) in [6, 6.07) is 9.77. The number of nitrogens with zero attached hydrogens (tertiary/aromatic N) is 1. The Bertz CT molecular complexity index is 832. The largest absolute Gasteiger partial charge is 0.455 e. The Labute approximate surface area is 156 Å². The first-order chi connectivity index (χ1) is 12.3. The Balaban J connectivity index is 1.79. The number of thioether (sulfide) groups is 1. The van der Waals surface area contributed by atoms with Crippen LogP contribution in [0.2, 0.25) is 5.02 Å². The maximum Gasteiger partial charge on any atom is 0.316 e. The highest BCUT2D eigenvalue weighted by Crippen LogP contribution is 2.22. The summed E-state index contributed by atoms with van der Waals surface area (Å²) in [5.41, 5.74) is -0.742. The minimum Gasteiger partial charge on any atom is -0.455 e. The molecule has 0 spiro atoms. The minimum absolute atomic E-state index is 0.00304. The van der Waals surface area contributed by atoms with E-state index in [1.54, 1.807) is 24.3 Å². The number of carbonyl (C=O) groups is 2. The lowest BCUT2D eigenvalue weighted by molar-refractivity contribution is -0.387. The van der Waals surface area contributed by atoms with Gasteiger partial charge in [-0.15, -0.1) is 11.8 Å². The van der Waals surface area contributed by atoms with Crippen LogP contribution in [0.1, 0.15) is 0 Å². The first-order valence-electron chi connectivity index (χ1n) is 7.13. The molecule has 0 fully saturated rings. The average molecular weight is 399 g/mol. The molecule has 0 aliphatic heterocycles. The number of hydrogen-bond acceptors (Lipinski definition) is 6. The number of hydrogen-bond donors (Lipinski definition) is 1. The Morgan fingerprint density at radius 2 is 1.92 bits per heavy atom. The van der Waals surface area contributed by atoms with Gasteiger partial charge in [0.2, 0.25) is 5.82 Å². The number of nitro benzene ring substituents is 1. The van der Waals surface area contributed by atoms with Gasteiger partial charge in [-0.2, -0.15) is 4.39 Å². The predicted molar refractivity (Wildman–Crippen MR) is 94.8 cm³/mol. The van der Waals surface area contributed by atoms with E-state index in [2.05, 4.69) is 5.32 Å². The number of benzene rings is 2. The summed E-state index contributed by atoms with van der Waals surface area (Å²) in [4.78, 5) is 33.9. The molecule has 0 saturated heterocycles. The fourth-order valence-electron chi connectivity index (χ4n) is 1.79. The van der Waals surface area contributed by atoms with Crippen LogP contribution >= 0.6 is 23.4 Å². The van der Waals surface area contributed by atoms with Gasteiger partial charge in [0, 0.05) is 21.7 Å². The maximum absolute atomic E-state index is 13.2. The number of anilines is 1. The van der Waals surface area contributed by atoms with Gasteiger partial charge in [0.05, 0.1) is 10.7 Å². The molecule has 2 aromatic carbocycles. The van der Waals surface area contributed by atoms with Crippen molar-refractivity contribution >= 4 is 46.6 Å². The number of amides is 1. The molecule has 0 unspecified atom stereocenters. The van der Waals surface area contributed by atoms with Gasteiger partial charge in [-0.25, -0.2) is 0 Å². The van der Waals surface area contributed by atoms with E-state index < -0.39 is 34.9 Å². The van der Waals surface area contributed by atoms with Gasteiger partial charge >= 0.3 is 11.7 Å². The molecule has 0 heterocycles. The monoisotopic (exact) mass is 398 g/mol. The van der Waals surface area contributed by atoms with Gasteiger partial charge in [0.25, 0.3) is 5.91 Å². The molecule has 2 rings (SSSR count). The SMILES string of the molecule is O=C(COC(=O)CSc1ccc(Cl)cc1)Nc1ccc(F)c([N+](=O)[O-])c1. The number of esters is 1. The van der Waals surface area contributed by atoms with E-state index in [0.717, 1.165) is 17.0 Å². The van der Waals surface area contributed by atoms with Crippen LogP contribution in [0.3, 0.4) is 0 Å².